The molecule has 34 heavy (non-hydrogen) atoms. The fraction of sp³-hybridized carbons (Fsp3) is 0.423. The Labute approximate surface area is 202 Å². The summed E-state index contributed by atoms with van der Waals surface area (Å²) in [5.41, 5.74) is 1.96. The molecule has 0 bridgehead atoms. The molecule has 0 radical (unpaired) electrons. The van der Waals surface area contributed by atoms with Crippen LogP contribution in [0.3, 0.4) is 0 Å². The summed E-state index contributed by atoms with van der Waals surface area (Å²) >= 11 is 0. The van der Waals surface area contributed by atoms with E-state index in [0.29, 0.717) is 13.0 Å². The number of hydrogen-bond donors (Lipinski definition) is 1. The molecule has 0 unspecified atom stereocenters. The van der Waals surface area contributed by atoms with E-state index in [9.17, 15) is 19.5 Å². The maximum atomic E-state index is 13.9. The van der Waals surface area contributed by atoms with Crippen molar-refractivity contribution >= 4 is 27.1 Å². The van der Waals surface area contributed by atoms with Crippen LogP contribution in [0, 0.1) is 0 Å². The number of ether oxygens (including phenoxy) is 1. The fourth-order valence-corrected chi connectivity index (χ4v) is 9.41. The Bertz CT molecular complexity index is 1060. The number of β-lactam (4-membered cyclic amide) rings is 1. The molecule has 2 saturated heterocycles. The molecule has 1 N–H and O–H groups in total. The Hall–Kier alpha value is -2.84. The van der Waals surface area contributed by atoms with Crippen molar-refractivity contribution in [2.75, 3.05) is 19.5 Å². The molecule has 2 heterocycles. The molecule has 2 aromatic rings. The van der Waals surface area contributed by atoms with Crippen molar-refractivity contribution in [3.63, 3.8) is 0 Å². The fourth-order valence-electron chi connectivity index (χ4n) is 5.10. The van der Waals surface area contributed by atoms with Gasteiger partial charge in [0.25, 0.3) is 5.24 Å². The minimum Gasteiger partial charge on any atom is -0.459 e. The molecule has 8 heteroatoms. The van der Waals surface area contributed by atoms with Gasteiger partial charge in [-0.1, -0.05) is 60.7 Å². The van der Waals surface area contributed by atoms with Crippen LogP contribution in [0.5, 0.6) is 0 Å². The second-order valence-electron chi connectivity index (χ2n) is 9.40. The average molecular weight is 485 g/mol. The van der Waals surface area contributed by atoms with Gasteiger partial charge in [0.2, 0.25) is 5.91 Å². The summed E-state index contributed by atoms with van der Waals surface area (Å²) in [5, 5.41) is 10.0. The van der Waals surface area contributed by atoms with Crippen molar-refractivity contribution in [1.29, 1.82) is 0 Å². The van der Waals surface area contributed by atoms with Crippen molar-refractivity contribution in [2.45, 2.75) is 49.5 Å². The lowest BCUT2D eigenvalue weighted by Crippen LogP contribution is -2.57. The molecule has 0 spiro atoms. The van der Waals surface area contributed by atoms with Gasteiger partial charge in [0.15, 0.2) is 0 Å². The van der Waals surface area contributed by atoms with Crippen LogP contribution in [0.1, 0.15) is 31.4 Å². The minimum atomic E-state index is -2.46. The van der Waals surface area contributed by atoms with Crippen LogP contribution in [-0.4, -0.2) is 67.7 Å². The quantitative estimate of drug-likeness (QED) is 0.480. The first kappa shape index (κ1) is 24.3. The van der Waals surface area contributed by atoms with Crippen LogP contribution >= 0.6 is 10.0 Å². The normalized spacial score (nSPS) is 24.8. The van der Waals surface area contributed by atoms with Crippen LogP contribution in [0.25, 0.3) is 0 Å². The number of likely N-dealkylation sites (N-methyl/N-ethyl adjacent to an activating group) is 1. The van der Waals surface area contributed by atoms with E-state index >= 15 is 0 Å². The molecule has 2 aromatic carbocycles. The molecular weight excluding hydrogens is 452 g/mol. The second kappa shape index (κ2) is 9.43. The molecule has 7 nitrogen and oxygen atoms in total. The zero-order valence-corrected chi connectivity index (χ0v) is 20.7. The van der Waals surface area contributed by atoms with Crippen molar-refractivity contribution in [3.05, 3.63) is 71.8 Å². The Balaban J connectivity index is 1.56. The van der Waals surface area contributed by atoms with E-state index < -0.39 is 32.2 Å². The Kier molecular flexibility index (Phi) is 6.73. The summed E-state index contributed by atoms with van der Waals surface area (Å²) in [5.74, 6) is -1.08. The highest BCUT2D eigenvalue weighted by Crippen LogP contribution is 2.74. The molecule has 3 atom stereocenters. The van der Waals surface area contributed by atoms with E-state index in [1.807, 2.05) is 74.5 Å². The van der Waals surface area contributed by atoms with Gasteiger partial charge in [-0.15, -0.1) is 10.0 Å². The number of rotatable bonds is 7. The Morgan fingerprint density at radius 2 is 1.68 bits per heavy atom. The molecule has 0 aromatic heterocycles. The van der Waals surface area contributed by atoms with Crippen molar-refractivity contribution in [2.24, 2.45) is 0 Å². The summed E-state index contributed by atoms with van der Waals surface area (Å²) in [6.07, 6.45) is 0.848. The van der Waals surface area contributed by atoms with Gasteiger partial charge in [-0.25, -0.2) is 4.79 Å². The van der Waals surface area contributed by atoms with Gasteiger partial charge in [0.05, 0.1) is 17.7 Å². The van der Waals surface area contributed by atoms with E-state index in [0.717, 1.165) is 11.1 Å². The van der Waals surface area contributed by atoms with Gasteiger partial charge in [-0.3, -0.25) is 9.59 Å². The van der Waals surface area contributed by atoms with Crippen LogP contribution in [0.2, 0.25) is 0 Å². The summed E-state index contributed by atoms with van der Waals surface area (Å²) < 4.78 is 4.67. The first-order valence-electron chi connectivity index (χ1n) is 11.4. The number of fused-ring (bicyclic) bond motifs is 1. The third kappa shape index (κ3) is 3.88. The van der Waals surface area contributed by atoms with Crippen molar-refractivity contribution < 1.29 is 24.2 Å². The van der Waals surface area contributed by atoms with Crippen LogP contribution < -0.4 is 0 Å². The molecule has 4 rings (SSSR count). The first-order valence-corrected chi connectivity index (χ1v) is 13.3. The second-order valence-corrected chi connectivity index (χ2v) is 13.2. The lowest BCUT2D eigenvalue weighted by Gasteiger charge is -2.50. The van der Waals surface area contributed by atoms with E-state index in [4.69, 9.17) is 4.74 Å². The number of aliphatic hydroxyl groups excluding tert-OH is 1. The highest BCUT2D eigenvalue weighted by molar-refractivity contribution is 8.46. The standard InChI is InChI=1S/C26H32N2O5S/c1-26(2)23(24(31)33-17-20-12-8-5-9-13-20)28-21(30)16-22(28)34(26,18-29)25(32)27(3)15-14-19-10-6-4-7-11-19/h4-13,22-23,29H,14-18H2,1-3H3/t22-,23+/m1/s1. The Morgan fingerprint density at radius 3 is 2.24 bits per heavy atom. The molecule has 2 amide bonds. The van der Waals surface area contributed by atoms with Gasteiger partial charge < -0.3 is 19.6 Å². The molecular formula is C26H32N2O5S. The molecule has 2 aliphatic heterocycles. The van der Waals surface area contributed by atoms with Crippen LogP contribution in [0.15, 0.2) is 60.7 Å². The predicted octanol–water partition coefficient (Wildman–Crippen LogP) is 3.50. The van der Waals surface area contributed by atoms with Gasteiger partial charge in [0, 0.05) is 18.3 Å². The highest BCUT2D eigenvalue weighted by Gasteiger charge is 2.72. The van der Waals surface area contributed by atoms with Crippen LogP contribution in [0.4, 0.5) is 4.79 Å². The molecule has 0 aliphatic carbocycles. The molecule has 182 valence electrons. The molecule has 2 aliphatic rings. The molecule has 0 saturated carbocycles. The summed E-state index contributed by atoms with van der Waals surface area (Å²) in [6, 6.07) is 18.3. The third-order valence-corrected chi connectivity index (χ3v) is 11.9. The summed E-state index contributed by atoms with van der Waals surface area (Å²) in [4.78, 5) is 42.9. The zero-order valence-electron chi connectivity index (χ0n) is 19.8. The number of amides is 2. The smallest absolute Gasteiger partial charge is 0.330 e. The lowest BCUT2D eigenvalue weighted by atomic mass is 9.98. The average Bonchev–Trinajstić information content (AvgIpc) is 3.01. The summed E-state index contributed by atoms with van der Waals surface area (Å²) in [6.45, 7) is 4.21. The topological polar surface area (TPSA) is 87.2 Å². The largest absolute Gasteiger partial charge is 0.459 e. The maximum absolute atomic E-state index is 13.9. The molecule has 2 fully saturated rings. The number of carbonyl (C=O) groups is 3. The maximum Gasteiger partial charge on any atom is 0.330 e. The summed E-state index contributed by atoms with van der Waals surface area (Å²) in [7, 11) is -0.730. The van der Waals surface area contributed by atoms with E-state index in [-0.39, 0.29) is 30.1 Å². The van der Waals surface area contributed by atoms with Gasteiger partial charge in [-0.05, 0) is 31.4 Å². The number of carbonyl (C=O) groups excluding carboxylic acids is 3. The Morgan fingerprint density at radius 1 is 1.09 bits per heavy atom. The minimum absolute atomic E-state index is 0.0886. The number of hydrogen-bond acceptors (Lipinski definition) is 5. The lowest BCUT2D eigenvalue weighted by molar-refractivity contribution is -0.162. The first-order chi connectivity index (χ1) is 16.2. The van der Waals surface area contributed by atoms with Gasteiger partial charge in [0.1, 0.15) is 12.6 Å². The third-order valence-electron chi connectivity index (χ3n) is 7.14. The van der Waals surface area contributed by atoms with Gasteiger partial charge >= 0.3 is 5.97 Å². The van der Waals surface area contributed by atoms with Crippen molar-refractivity contribution in [1.82, 2.24) is 9.80 Å². The number of benzene rings is 2. The van der Waals surface area contributed by atoms with Crippen molar-refractivity contribution in [3.8, 4) is 0 Å². The van der Waals surface area contributed by atoms with E-state index in [1.165, 1.54) is 4.90 Å². The zero-order chi connectivity index (χ0) is 24.5. The van der Waals surface area contributed by atoms with Crippen LogP contribution in [-0.2, 0) is 27.4 Å². The number of nitrogens with zero attached hydrogens (tertiary/aromatic N) is 2. The van der Waals surface area contributed by atoms with E-state index in [1.54, 1.807) is 11.9 Å². The van der Waals surface area contributed by atoms with Gasteiger partial charge in [-0.2, -0.15) is 0 Å². The SMILES string of the molecule is CN(CCc1ccccc1)C(=O)[S@]1(CO)[C@@H]2CC(=O)N2[C@@H](C(=O)OCc2ccccc2)C1(C)C. The highest BCUT2D eigenvalue weighted by atomic mass is 32.3. The van der Waals surface area contributed by atoms with E-state index in [2.05, 4.69) is 0 Å². The monoisotopic (exact) mass is 484 g/mol. The number of aliphatic hydroxyl groups is 1. The number of esters is 1. The predicted molar refractivity (Wildman–Crippen MR) is 132 cm³/mol.